The van der Waals surface area contributed by atoms with Crippen LogP contribution in [0, 0.1) is 6.92 Å². The van der Waals surface area contributed by atoms with Crippen LogP contribution in [0.4, 0.5) is 0 Å². The first-order valence-corrected chi connectivity index (χ1v) is 4.46. The molecule has 0 aliphatic heterocycles. The summed E-state index contributed by atoms with van der Waals surface area (Å²) in [4.78, 5) is 10.3. The van der Waals surface area contributed by atoms with Crippen molar-refractivity contribution in [2.75, 3.05) is 0 Å². The number of carboxylic acid groups (broad SMARTS) is 1. The van der Waals surface area contributed by atoms with E-state index in [2.05, 4.69) is 0 Å². The van der Waals surface area contributed by atoms with Gasteiger partial charge in [-0.2, -0.15) is 0 Å². The fraction of sp³-hybridized carbons (Fsp3) is 0.364. The molecule has 72 valence electrons. The lowest BCUT2D eigenvalue weighted by Gasteiger charge is -1.96. The van der Waals surface area contributed by atoms with Gasteiger partial charge in [0.05, 0.1) is 6.42 Å². The van der Waals surface area contributed by atoms with Gasteiger partial charge >= 0.3 is 5.97 Å². The van der Waals surface area contributed by atoms with Crippen LogP contribution >= 0.6 is 0 Å². The Bertz CT molecular complexity index is 267. The predicted molar refractivity (Wildman–Crippen MR) is 53.9 cm³/mol. The van der Waals surface area contributed by atoms with Gasteiger partial charge in [-0.25, -0.2) is 0 Å². The molecule has 0 heterocycles. The number of hydrogen-bond donors (Lipinski definition) is 1. The van der Waals surface area contributed by atoms with E-state index in [0.717, 1.165) is 11.1 Å². The van der Waals surface area contributed by atoms with Crippen LogP contribution < -0.4 is 0 Å². The van der Waals surface area contributed by atoms with E-state index in [9.17, 15) is 4.79 Å². The molecule has 0 radical (unpaired) electrons. The Morgan fingerprint density at radius 1 is 1.38 bits per heavy atom. The van der Waals surface area contributed by atoms with Crippen molar-refractivity contribution in [1.29, 1.82) is 0 Å². The molecule has 0 fully saturated rings. The lowest BCUT2D eigenvalue weighted by Crippen LogP contribution is -1.99. The van der Waals surface area contributed by atoms with Gasteiger partial charge in [0.15, 0.2) is 0 Å². The molecule has 0 bridgehead atoms. The number of benzene rings is 1. The number of carbonyl (C=O) groups is 1. The van der Waals surface area contributed by atoms with Gasteiger partial charge in [0, 0.05) is 0 Å². The highest BCUT2D eigenvalue weighted by atomic mass is 16.4. The van der Waals surface area contributed by atoms with Gasteiger partial charge in [0.25, 0.3) is 0 Å². The van der Waals surface area contributed by atoms with Crippen molar-refractivity contribution in [3.63, 3.8) is 0 Å². The lowest BCUT2D eigenvalue weighted by molar-refractivity contribution is -0.136. The highest BCUT2D eigenvalue weighted by molar-refractivity contribution is 5.70. The average molecular weight is 180 g/mol. The summed E-state index contributed by atoms with van der Waals surface area (Å²) < 4.78 is 0. The van der Waals surface area contributed by atoms with E-state index in [1.54, 1.807) is 0 Å². The standard InChI is InChI=1S/C9H10O2.C2H6/c1-7-3-2-4-8(5-7)6-9(10)11;1-2/h2-5H,6H2,1H3,(H,10,11);1-2H3. The van der Waals surface area contributed by atoms with Crippen LogP contribution in [0.5, 0.6) is 0 Å². The molecule has 0 aliphatic rings. The molecule has 0 aliphatic carbocycles. The highest BCUT2D eigenvalue weighted by Crippen LogP contribution is 2.03. The third-order valence-electron chi connectivity index (χ3n) is 1.44. The molecule has 13 heavy (non-hydrogen) atoms. The molecule has 0 spiro atoms. The normalized spacial score (nSPS) is 8.54. The van der Waals surface area contributed by atoms with Crippen molar-refractivity contribution in [1.82, 2.24) is 0 Å². The van der Waals surface area contributed by atoms with E-state index in [4.69, 9.17) is 5.11 Å². The van der Waals surface area contributed by atoms with Gasteiger partial charge < -0.3 is 5.11 Å². The Balaban J connectivity index is 0.000000671. The number of carboxylic acids is 1. The van der Waals surface area contributed by atoms with Crippen LogP contribution in [0.25, 0.3) is 0 Å². The Morgan fingerprint density at radius 2 is 2.00 bits per heavy atom. The quantitative estimate of drug-likeness (QED) is 0.759. The van der Waals surface area contributed by atoms with Crippen molar-refractivity contribution in [2.24, 2.45) is 0 Å². The Morgan fingerprint density at radius 3 is 2.46 bits per heavy atom. The summed E-state index contributed by atoms with van der Waals surface area (Å²) in [5.41, 5.74) is 1.96. The molecular weight excluding hydrogens is 164 g/mol. The minimum absolute atomic E-state index is 0.113. The minimum atomic E-state index is -0.782. The summed E-state index contributed by atoms with van der Waals surface area (Å²) in [5.74, 6) is -0.782. The van der Waals surface area contributed by atoms with Crippen molar-refractivity contribution >= 4 is 5.97 Å². The summed E-state index contributed by atoms with van der Waals surface area (Å²) in [7, 11) is 0. The third kappa shape index (κ3) is 5.01. The number of aryl methyl sites for hydroxylation is 1. The maximum absolute atomic E-state index is 10.3. The van der Waals surface area contributed by atoms with Crippen molar-refractivity contribution < 1.29 is 9.90 Å². The predicted octanol–water partition coefficient (Wildman–Crippen LogP) is 2.65. The van der Waals surface area contributed by atoms with Crippen molar-refractivity contribution in [3.8, 4) is 0 Å². The van der Waals surface area contributed by atoms with Gasteiger partial charge in [-0.15, -0.1) is 0 Å². The van der Waals surface area contributed by atoms with Gasteiger partial charge in [-0.1, -0.05) is 43.7 Å². The second kappa shape index (κ2) is 6.23. The molecule has 0 atom stereocenters. The zero-order valence-electron chi connectivity index (χ0n) is 8.37. The van der Waals surface area contributed by atoms with E-state index in [1.807, 2.05) is 45.0 Å². The fourth-order valence-corrected chi connectivity index (χ4v) is 0.997. The number of rotatable bonds is 2. The van der Waals surface area contributed by atoms with E-state index < -0.39 is 5.97 Å². The van der Waals surface area contributed by atoms with Gasteiger partial charge in [-0.3, -0.25) is 4.79 Å². The first-order valence-electron chi connectivity index (χ1n) is 4.46. The highest BCUT2D eigenvalue weighted by Gasteiger charge is 1.98. The zero-order chi connectivity index (χ0) is 10.3. The molecule has 0 saturated carbocycles. The fourth-order valence-electron chi connectivity index (χ4n) is 0.997. The second-order valence-corrected chi connectivity index (χ2v) is 2.56. The molecule has 0 amide bonds. The maximum Gasteiger partial charge on any atom is 0.307 e. The van der Waals surface area contributed by atoms with E-state index in [-0.39, 0.29) is 6.42 Å². The first kappa shape index (κ1) is 11.7. The summed E-state index contributed by atoms with van der Waals surface area (Å²) >= 11 is 0. The molecule has 0 aromatic heterocycles. The maximum atomic E-state index is 10.3. The molecule has 0 unspecified atom stereocenters. The van der Waals surface area contributed by atoms with Crippen LogP contribution in [0.2, 0.25) is 0 Å². The Hall–Kier alpha value is -1.31. The SMILES string of the molecule is CC.Cc1cccc(CC(=O)O)c1. The third-order valence-corrected chi connectivity index (χ3v) is 1.44. The van der Waals surface area contributed by atoms with Crippen LogP contribution in [-0.2, 0) is 11.2 Å². The molecule has 1 aromatic carbocycles. The van der Waals surface area contributed by atoms with Gasteiger partial charge in [0.1, 0.15) is 0 Å². The van der Waals surface area contributed by atoms with Crippen molar-refractivity contribution in [2.45, 2.75) is 27.2 Å². The number of hydrogen-bond acceptors (Lipinski definition) is 1. The summed E-state index contributed by atoms with van der Waals surface area (Å²) in [6.07, 6.45) is 0.113. The Labute approximate surface area is 79.2 Å². The van der Waals surface area contributed by atoms with E-state index in [0.29, 0.717) is 0 Å². The summed E-state index contributed by atoms with van der Waals surface area (Å²) in [6, 6.07) is 7.52. The molecule has 0 saturated heterocycles. The van der Waals surface area contributed by atoms with Gasteiger partial charge in [-0.05, 0) is 12.5 Å². The molecule has 1 N–H and O–H groups in total. The Kier molecular flexibility index (Phi) is 5.60. The average Bonchev–Trinajstić information content (AvgIpc) is 2.06. The summed E-state index contributed by atoms with van der Waals surface area (Å²) in [6.45, 7) is 5.95. The smallest absolute Gasteiger partial charge is 0.307 e. The summed E-state index contributed by atoms with van der Waals surface area (Å²) in [5, 5.41) is 8.46. The van der Waals surface area contributed by atoms with Crippen LogP contribution in [-0.4, -0.2) is 11.1 Å². The largest absolute Gasteiger partial charge is 0.481 e. The molecule has 1 rings (SSSR count). The van der Waals surface area contributed by atoms with E-state index in [1.165, 1.54) is 0 Å². The molecular formula is C11H16O2. The minimum Gasteiger partial charge on any atom is -0.481 e. The van der Waals surface area contributed by atoms with Crippen LogP contribution in [0.1, 0.15) is 25.0 Å². The molecule has 1 aromatic rings. The number of aliphatic carboxylic acids is 1. The molecule has 2 nitrogen and oxygen atoms in total. The molecule has 2 heteroatoms. The first-order chi connectivity index (χ1) is 6.18. The zero-order valence-corrected chi connectivity index (χ0v) is 8.37. The van der Waals surface area contributed by atoms with Crippen LogP contribution in [0.3, 0.4) is 0 Å². The van der Waals surface area contributed by atoms with Gasteiger partial charge in [0.2, 0.25) is 0 Å². The van der Waals surface area contributed by atoms with E-state index >= 15 is 0 Å². The van der Waals surface area contributed by atoms with Crippen LogP contribution in [0.15, 0.2) is 24.3 Å². The monoisotopic (exact) mass is 180 g/mol. The lowest BCUT2D eigenvalue weighted by atomic mass is 10.1. The van der Waals surface area contributed by atoms with Crippen molar-refractivity contribution in [3.05, 3.63) is 35.4 Å². The topological polar surface area (TPSA) is 37.3 Å². The second-order valence-electron chi connectivity index (χ2n) is 2.56.